The molecule has 0 heterocycles. The number of aryl methyl sites for hydroxylation is 1. The first-order valence-corrected chi connectivity index (χ1v) is 8.14. The lowest BCUT2D eigenvalue weighted by molar-refractivity contribution is 0.0741. The molecule has 0 aliphatic carbocycles. The first-order valence-electron chi connectivity index (χ1n) is 6.69. The van der Waals surface area contributed by atoms with Crippen LogP contribution in [0.25, 0.3) is 0 Å². The van der Waals surface area contributed by atoms with Gasteiger partial charge >= 0.3 is 0 Å². The van der Waals surface area contributed by atoms with Crippen LogP contribution in [-0.4, -0.2) is 17.9 Å². The Bertz CT molecular complexity index is 654. The van der Waals surface area contributed by atoms with Crippen LogP contribution in [0.4, 0.5) is 0 Å². The highest BCUT2D eigenvalue weighted by Gasteiger charge is 2.20. The van der Waals surface area contributed by atoms with Gasteiger partial charge < -0.3 is 4.90 Å². The van der Waals surface area contributed by atoms with Gasteiger partial charge in [-0.1, -0.05) is 41.4 Å². The Morgan fingerprint density at radius 1 is 1.19 bits per heavy atom. The van der Waals surface area contributed by atoms with E-state index >= 15 is 0 Å². The Hall–Kier alpha value is -1.07. The van der Waals surface area contributed by atoms with E-state index in [2.05, 4.69) is 53.8 Å². The molecule has 2 nitrogen and oxygen atoms in total. The molecule has 0 spiro atoms. The summed E-state index contributed by atoms with van der Waals surface area (Å²) in [6, 6.07) is 13.6. The highest BCUT2D eigenvalue weighted by atomic mass is 127. The predicted octanol–water partition coefficient (Wildman–Crippen LogP) is 5.09. The Balaban J connectivity index is 2.26. The maximum atomic E-state index is 12.7. The molecule has 110 valence electrons. The molecule has 21 heavy (non-hydrogen) atoms. The zero-order valence-electron chi connectivity index (χ0n) is 12.2. The summed E-state index contributed by atoms with van der Waals surface area (Å²) in [5, 5.41) is 0.579. The average molecular weight is 414 g/mol. The van der Waals surface area contributed by atoms with Gasteiger partial charge in [-0.2, -0.15) is 0 Å². The number of nitrogens with zero attached hydrogens (tertiary/aromatic N) is 1. The molecule has 0 saturated heterocycles. The van der Waals surface area contributed by atoms with Gasteiger partial charge in [-0.05, 0) is 60.2 Å². The van der Waals surface area contributed by atoms with Crippen molar-refractivity contribution in [2.45, 2.75) is 19.9 Å². The van der Waals surface area contributed by atoms with E-state index in [4.69, 9.17) is 11.6 Å². The quantitative estimate of drug-likeness (QED) is 0.642. The Kier molecular flexibility index (Phi) is 5.27. The molecule has 4 heteroatoms. The summed E-state index contributed by atoms with van der Waals surface area (Å²) in [7, 11) is 1.82. The van der Waals surface area contributed by atoms with Gasteiger partial charge in [0, 0.05) is 15.6 Å². The molecule has 2 rings (SSSR count). The van der Waals surface area contributed by atoms with Crippen LogP contribution in [0.3, 0.4) is 0 Å². The van der Waals surface area contributed by atoms with Crippen molar-refractivity contribution in [1.29, 1.82) is 0 Å². The Labute approximate surface area is 144 Å². The minimum absolute atomic E-state index is 0.00730. The van der Waals surface area contributed by atoms with Crippen molar-refractivity contribution in [3.8, 4) is 0 Å². The summed E-state index contributed by atoms with van der Waals surface area (Å²) in [4.78, 5) is 14.4. The normalized spacial score (nSPS) is 12.0. The zero-order chi connectivity index (χ0) is 15.6. The van der Waals surface area contributed by atoms with E-state index < -0.39 is 0 Å². The van der Waals surface area contributed by atoms with Gasteiger partial charge in [0.15, 0.2) is 0 Å². The number of hydrogen-bond acceptors (Lipinski definition) is 1. The van der Waals surface area contributed by atoms with E-state index in [-0.39, 0.29) is 11.9 Å². The Morgan fingerprint density at radius 2 is 1.81 bits per heavy atom. The number of benzene rings is 2. The molecule has 0 saturated carbocycles. The highest BCUT2D eigenvalue weighted by Crippen LogP contribution is 2.24. The number of carbonyl (C=O) groups excluding carboxylic acids is 1. The van der Waals surface area contributed by atoms with Crippen LogP contribution >= 0.6 is 34.2 Å². The van der Waals surface area contributed by atoms with Gasteiger partial charge in [0.2, 0.25) is 0 Å². The SMILES string of the molecule is Cc1ccc(C(C)N(C)C(=O)c2cc(Cl)ccc2I)cc1. The van der Waals surface area contributed by atoms with E-state index in [0.29, 0.717) is 10.6 Å². The number of amides is 1. The number of halogens is 2. The fraction of sp³-hybridized carbons (Fsp3) is 0.235. The smallest absolute Gasteiger partial charge is 0.255 e. The minimum atomic E-state index is -0.0185. The lowest BCUT2D eigenvalue weighted by atomic mass is 10.0. The standard InChI is InChI=1S/C17H17ClINO/c1-11-4-6-13(7-5-11)12(2)20(3)17(21)15-10-14(18)8-9-16(15)19/h4-10,12H,1-3H3. The van der Waals surface area contributed by atoms with Crippen molar-refractivity contribution in [2.75, 3.05) is 7.05 Å². The molecule has 0 aliphatic rings. The highest BCUT2D eigenvalue weighted by molar-refractivity contribution is 14.1. The first-order chi connectivity index (χ1) is 9.90. The molecule has 0 N–H and O–H groups in total. The van der Waals surface area contributed by atoms with Gasteiger partial charge in [-0.25, -0.2) is 0 Å². The monoisotopic (exact) mass is 413 g/mol. The molecule has 0 fully saturated rings. The van der Waals surface area contributed by atoms with Crippen molar-refractivity contribution in [3.63, 3.8) is 0 Å². The van der Waals surface area contributed by atoms with E-state index in [1.54, 1.807) is 17.0 Å². The zero-order valence-corrected chi connectivity index (χ0v) is 15.1. The Morgan fingerprint density at radius 3 is 2.43 bits per heavy atom. The molecule has 1 atom stereocenters. The molecule has 0 bridgehead atoms. The molecule has 1 unspecified atom stereocenters. The molecule has 1 amide bonds. The molecule has 0 radical (unpaired) electrons. The maximum absolute atomic E-state index is 12.7. The van der Waals surface area contributed by atoms with Crippen LogP contribution in [0.5, 0.6) is 0 Å². The number of hydrogen-bond donors (Lipinski definition) is 0. The third kappa shape index (κ3) is 3.77. The van der Waals surface area contributed by atoms with Crippen LogP contribution in [0.15, 0.2) is 42.5 Å². The second-order valence-corrected chi connectivity index (χ2v) is 6.73. The van der Waals surface area contributed by atoms with E-state index in [1.807, 2.05) is 20.0 Å². The third-order valence-electron chi connectivity index (χ3n) is 3.62. The fourth-order valence-corrected chi connectivity index (χ4v) is 2.83. The minimum Gasteiger partial charge on any atom is -0.335 e. The van der Waals surface area contributed by atoms with Gasteiger partial charge in [-0.3, -0.25) is 4.79 Å². The summed E-state index contributed by atoms with van der Waals surface area (Å²) in [6.07, 6.45) is 0. The summed E-state index contributed by atoms with van der Waals surface area (Å²) in [5.74, 6) is -0.0185. The average Bonchev–Trinajstić information content (AvgIpc) is 2.48. The molecule has 2 aromatic carbocycles. The molecular weight excluding hydrogens is 397 g/mol. The lowest BCUT2D eigenvalue weighted by Gasteiger charge is -2.26. The van der Waals surface area contributed by atoms with Crippen LogP contribution in [-0.2, 0) is 0 Å². The number of carbonyl (C=O) groups is 1. The molecular formula is C17H17ClINO. The van der Waals surface area contributed by atoms with E-state index in [9.17, 15) is 4.79 Å². The van der Waals surface area contributed by atoms with Crippen LogP contribution in [0.2, 0.25) is 5.02 Å². The maximum Gasteiger partial charge on any atom is 0.255 e. The van der Waals surface area contributed by atoms with E-state index in [1.165, 1.54) is 5.56 Å². The summed E-state index contributed by atoms with van der Waals surface area (Å²) in [5.41, 5.74) is 2.97. The van der Waals surface area contributed by atoms with E-state index in [0.717, 1.165) is 9.13 Å². The predicted molar refractivity (Wildman–Crippen MR) is 95.9 cm³/mol. The van der Waals surface area contributed by atoms with Gasteiger partial charge in [0.1, 0.15) is 0 Å². The van der Waals surface area contributed by atoms with Crippen molar-refractivity contribution in [2.24, 2.45) is 0 Å². The topological polar surface area (TPSA) is 20.3 Å². The summed E-state index contributed by atoms with van der Waals surface area (Å²) >= 11 is 8.17. The summed E-state index contributed by atoms with van der Waals surface area (Å²) < 4.78 is 0.907. The third-order valence-corrected chi connectivity index (χ3v) is 4.80. The fourth-order valence-electron chi connectivity index (χ4n) is 2.10. The van der Waals surface area contributed by atoms with Crippen LogP contribution in [0.1, 0.15) is 34.5 Å². The van der Waals surface area contributed by atoms with Crippen molar-refractivity contribution >= 4 is 40.1 Å². The van der Waals surface area contributed by atoms with Crippen LogP contribution in [0, 0.1) is 10.5 Å². The van der Waals surface area contributed by atoms with Crippen molar-refractivity contribution < 1.29 is 4.79 Å². The molecule has 0 aromatic heterocycles. The summed E-state index contributed by atoms with van der Waals surface area (Å²) in [6.45, 7) is 4.08. The second-order valence-electron chi connectivity index (χ2n) is 5.13. The lowest BCUT2D eigenvalue weighted by Crippen LogP contribution is -2.30. The van der Waals surface area contributed by atoms with Gasteiger partial charge in [0.25, 0.3) is 5.91 Å². The van der Waals surface area contributed by atoms with Crippen LogP contribution < -0.4 is 0 Å². The van der Waals surface area contributed by atoms with Gasteiger partial charge in [0.05, 0.1) is 11.6 Å². The second kappa shape index (κ2) is 6.79. The van der Waals surface area contributed by atoms with Crippen molar-refractivity contribution in [3.05, 3.63) is 67.7 Å². The molecule has 2 aromatic rings. The van der Waals surface area contributed by atoms with Gasteiger partial charge in [-0.15, -0.1) is 0 Å². The largest absolute Gasteiger partial charge is 0.335 e. The number of rotatable bonds is 3. The first kappa shape index (κ1) is 16.3. The molecule has 0 aliphatic heterocycles. The van der Waals surface area contributed by atoms with Crippen molar-refractivity contribution in [1.82, 2.24) is 4.90 Å².